The number of hydrogen-bond acceptors (Lipinski definition) is 5. The predicted molar refractivity (Wildman–Crippen MR) is 102 cm³/mol. The molecule has 1 fully saturated rings. The first kappa shape index (κ1) is 17.2. The number of carbonyl (C=O) groups excluding carboxylic acids is 2. The summed E-state index contributed by atoms with van der Waals surface area (Å²) in [4.78, 5) is 27.1. The Labute approximate surface area is 157 Å². The molecular formula is C20H21N3O4. The summed E-state index contributed by atoms with van der Waals surface area (Å²) in [6, 6.07) is 12.4. The molecule has 0 radical (unpaired) electrons. The summed E-state index contributed by atoms with van der Waals surface area (Å²) < 4.78 is 10.5. The van der Waals surface area contributed by atoms with Crippen LogP contribution in [-0.4, -0.2) is 44.7 Å². The van der Waals surface area contributed by atoms with Crippen LogP contribution in [0.2, 0.25) is 0 Å². The second-order valence-electron chi connectivity index (χ2n) is 6.65. The maximum absolute atomic E-state index is 12.7. The number of rotatable bonds is 4. The van der Waals surface area contributed by atoms with Gasteiger partial charge in [0.25, 0.3) is 5.91 Å². The summed E-state index contributed by atoms with van der Waals surface area (Å²) in [7, 11) is 3.08. The smallest absolute Gasteiger partial charge is 0.251 e. The number of nitrogens with zero attached hydrogens (tertiary/aromatic N) is 1. The van der Waals surface area contributed by atoms with E-state index >= 15 is 0 Å². The number of anilines is 2. The molecule has 2 aromatic rings. The minimum Gasteiger partial charge on any atom is -0.493 e. The lowest BCUT2D eigenvalue weighted by atomic mass is 10.1. The molecule has 2 aromatic carbocycles. The molecule has 2 atom stereocenters. The van der Waals surface area contributed by atoms with E-state index in [1.807, 2.05) is 24.3 Å². The first-order valence-corrected chi connectivity index (χ1v) is 8.80. The monoisotopic (exact) mass is 367 g/mol. The highest BCUT2D eigenvalue weighted by molar-refractivity contribution is 6.04. The number of hydrogen-bond donors (Lipinski definition) is 2. The summed E-state index contributed by atoms with van der Waals surface area (Å²) >= 11 is 0. The lowest BCUT2D eigenvalue weighted by Gasteiger charge is -2.32. The van der Waals surface area contributed by atoms with Gasteiger partial charge in [-0.2, -0.15) is 0 Å². The molecule has 2 aliphatic rings. The van der Waals surface area contributed by atoms with Gasteiger partial charge in [0.05, 0.1) is 25.6 Å². The average molecular weight is 367 g/mol. The van der Waals surface area contributed by atoms with Crippen LogP contribution in [0, 0.1) is 0 Å². The van der Waals surface area contributed by atoms with Gasteiger partial charge in [0.2, 0.25) is 5.91 Å². The zero-order valence-electron chi connectivity index (χ0n) is 15.2. The van der Waals surface area contributed by atoms with Crippen molar-refractivity contribution in [1.82, 2.24) is 5.32 Å². The van der Waals surface area contributed by atoms with Crippen LogP contribution >= 0.6 is 0 Å². The van der Waals surface area contributed by atoms with Gasteiger partial charge in [0, 0.05) is 18.2 Å². The van der Waals surface area contributed by atoms with E-state index < -0.39 is 0 Å². The molecule has 2 unspecified atom stereocenters. The molecule has 27 heavy (non-hydrogen) atoms. The van der Waals surface area contributed by atoms with Crippen molar-refractivity contribution in [2.24, 2.45) is 0 Å². The van der Waals surface area contributed by atoms with Crippen LogP contribution in [-0.2, 0) is 4.79 Å². The summed E-state index contributed by atoms with van der Waals surface area (Å²) in [5.74, 6) is 0.841. The van der Waals surface area contributed by atoms with Gasteiger partial charge in [-0.25, -0.2) is 0 Å². The summed E-state index contributed by atoms with van der Waals surface area (Å²) in [6.45, 7) is 0.591. The van der Waals surface area contributed by atoms with Gasteiger partial charge in [-0.15, -0.1) is 0 Å². The molecule has 140 valence electrons. The first-order valence-electron chi connectivity index (χ1n) is 8.80. The molecule has 7 heteroatoms. The molecule has 4 rings (SSSR count). The first-order chi connectivity index (χ1) is 13.1. The number of para-hydroxylation sites is 2. The number of fused-ring (bicyclic) bond motifs is 3. The lowest BCUT2D eigenvalue weighted by molar-refractivity contribution is -0.117. The second kappa shape index (κ2) is 6.83. The number of ether oxygens (including phenoxy) is 2. The highest BCUT2D eigenvalue weighted by Crippen LogP contribution is 2.36. The van der Waals surface area contributed by atoms with Crippen molar-refractivity contribution >= 4 is 23.2 Å². The van der Waals surface area contributed by atoms with E-state index in [-0.39, 0.29) is 23.9 Å². The molecule has 0 aliphatic carbocycles. The Bertz CT molecular complexity index is 899. The second-order valence-corrected chi connectivity index (χ2v) is 6.65. The van der Waals surface area contributed by atoms with Crippen LogP contribution in [0.15, 0.2) is 42.5 Å². The van der Waals surface area contributed by atoms with Gasteiger partial charge in [0.15, 0.2) is 11.5 Å². The zero-order chi connectivity index (χ0) is 19.0. The fourth-order valence-corrected chi connectivity index (χ4v) is 3.75. The normalized spacial score (nSPS) is 20.4. The summed E-state index contributed by atoms with van der Waals surface area (Å²) in [5, 5.41) is 5.98. The minimum absolute atomic E-state index is 0.0310. The maximum Gasteiger partial charge on any atom is 0.251 e. The number of benzene rings is 2. The van der Waals surface area contributed by atoms with Crippen molar-refractivity contribution in [3.05, 3.63) is 48.0 Å². The topological polar surface area (TPSA) is 79.9 Å². The molecule has 7 nitrogen and oxygen atoms in total. The molecule has 0 spiro atoms. The van der Waals surface area contributed by atoms with Gasteiger partial charge in [0.1, 0.15) is 6.04 Å². The Morgan fingerprint density at radius 1 is 1.15 bits per heavy atom. The third-order valence-corrected chi connectivity index (χ3v) is 5.06. The van der Waals surface area contributed by atoms with Crippen LogP contribution in [0.4, 0.5) is 11.4 Å². The largest absolute Gasteiger partial charge is 0.493 e. The standard InChI is InChI=1S/C20H21N3O4/c1-26-17-8-7-12(9-18(17)27-2)19(24)21-13-10-16-20(25)22-14-5-3-4-6-15(14)23(16)11-13/h3-9,13,16H,10-11H2,1-2H3,(H,21,24)(H,22,25). The number of carbonyl (C=O) groups is 2. The number of methoxy groups -OCH3 is 2. The van der Waals surface area contributed by atoms with Crippen LogP contribution in [0.5, 0.6) is 11.5 Å². The lowest BCUT2D eigenvalue weighted by Crippen LogP contribution is -2.44. The van der Waals surface area contributed by atoms with Crippen molar-refractivity contribution in [2.75, 3.05) is 31.0 Å². The van der Waals surface area contributed by atoms with E-state index in [1.165, 1.54) is 7.11 Å². The number of amides is 2. The molecule has 1 saturated heterocycles. The van der Waals surface area contributed by atoms with E-state index in [4.69, 9.17) is 9.47 Å². The SMILES string of the molecule is COc1ccc(C(=O)NC2CC3C(=O)Nc4ccccc4N3C2)cc1OC. The summed E-state index contributed by atoms with van der Waals surface area (Å²) in [6.07, 6.45) is 0.569. The molecule has 2 amide bonds. The average Bonchev–Trinajstić information content (AvgIpc) is 3.12. The Balaban J connectivity index is 1.50. The van der Waals surface area contributed by atoms with Crippen molar-refractivity contribution in [3.8, 4) is 11.5 Å². The minimum atomic E-state index is -0.268. The van der Waals surface area contributed by atoms with Crippen LogP contribution in [0.1, 0.15) is 16.8 Å². The Morgan fingerprint density at radius 2 is 1.93 bits per heavy atom. The maximum atomic E-state index is 12.7. The molecule has 0 aromatic heterocycles. The fraction of sp³-hybridized carbons (Fsp3) is 0.300. The van der Waals surface area contributed by atoms with Gasteiger partial charge in [-0.1, -0.05) is 12.1 Å². The van der Waals surface area contributed by atoms with Gasteiger partial charge < -0.3 is 25.0 Å². The molecule has 0 saturated carbocycles. The Kier molecular flexibility index (Phi) is 4.35. The third-order valence-electron chi connectivity index (χ3n) is 5.06. The van der Waals surface area contributed by atoms with Crippen molar-refractivity contribution in [1.29, 1.82) is 0 Å². The van der Waals surface area contributed by atoms with Crippen LogP contribution < -0.4 is 25.0 Å². The Hall–Kier alpha value is -3.22. The quantitative estimate of drug-likeness (QED) is 0.864. The number of nitrogens with one attached hydrogen (secondary N) is 2. The zero-order valence-corrected chi connectivity index (χ0v) is 15.2. The van der Waals surface area contributed by atoms with Crippen molar-refractivity contribution in [2.45, 2.75) is 18.5 Å². The fourth-order valence-electron chi connectivity index (χ4n) is 3.75. The summed E-state index contributed by atoms with van der Waals surface area (Å²) in [5.41, 5.74) is 2.29. The van der Waals surface area contributed by atoms with Gasteiger partial charge in [-0.05, 0) is 36.8 Å². The van der Waals surface area contributed by atoms with E-state index in [9.17, 15) is 9.59 Å². The predicted octanol–water partition coefficient (Wildman–Crippen LogP) is 2.03. The molecule has 2 heterocycles. The molecule has 2 aliphatic heterocycles. The van der Waals surface area contributed by atoms with E-state index in [1.54, 1.807) is 25.3 Å². The van der Waals surface area contributed by atoms with E-state index in [0.29, 0.717) is 30.0 Å². The van der Waals surface area contributed by atoms with E-state index in [2.05, 4.69) is 15.5 Å². The Morgan fingerprint density at radius 3 is 2.70 bits per heavy atom. The molecule has 2 N–H and O–H groups in total. The molecule has 0 bridgehead atoms. The van der Waals surface area contributed by atoms with Gasteiger partial charge >= 0.3 is 0 Å². The van der Waals surface area contributed by atoms with Crippen molar-refractivity contribution < 1.29 is 19.1 Å². The molecular weight excluding hydrogens is 346 g/mol. The van der Waals surface area contributed by atoms with E-state index in [0.717, 1.165) is 11.4 Å². The third kappa shape index (κ3) is 3.05. The van der Waals surface area contributed by atoms with Crippen LogP contribution in [0.25, 0.3) is 0 Å². The van der Waals surface area contributed by atoms with Crippen LogP contribution in [0.3, 0.4) is 0 Å². The van der Waals surface area contributed by atoms with Gasteiger partial charge in [-0.3, -0.25) is 9.59 Å². The highest BCUT2D eigenvalue weighted by Gasteiger charge is 2.41. The highest BCUT2D eigenvalue weighted by atomic mass is 16.5. The van der Waals surface area contributed by atoms with Crippen molar-refractivity contribution in [3.63, 3.8) is 0 Å².